The number of benzene rings is 2. The van der Waals surface area contributed by atoms with Gasteiger partial charge in [-0.3, -0.25) is 10.1 Å². The van der Waals surface area contributed by atoms with E-state index in [1.807, 2.05) is 6.07 Å². The van der Waals surface area contributed by atoms with Crippen molar-refractivity contribution >= 4 is 23.1 Å². The Balaban J connectivity index is 1.75. The van der Waals surface area contributed by atoms with Crippen molar-refractivity contribution in [2.45, 2.75) is 0 Å². The first-order valence-corrected chi connectivity index (χ1v) is 7.37. The number of rotatable bonds is 5. The Morgan fingerprint density at radius 2 is 1.96 bits per heavy atom. The lowest BCUT2D eigenvalue weighted by molar-refractivity contribution is -0.384. The molecule has 0 aliphatic heterocycles. The van der Waals surface area contributed by atoms with Crippen molar-refractivity contribution in [2.24, 2.45) is 0 Å². The highest BCUT2D eigenvalue weighted by Gasteiger charge is 2.14. The molecule has 0 amide bonds. The fraction of sp³-hybridized carbons (Fsp3) is 0. The molecule has 0 saturated carbocycles. The van der Waals surface area contributed by atoms with E-state index in [2.05, 4.69) is 15.3 Å². The van der Waals surface area contributed by atoms with Crippen LogP contribution in [0.1, 0.15) is 5.56 Å². The van der Waals surface area contributed by atoms with Crippen LogP contribution >= 0.6 is 0 Å². The number of nitrogens with two attached hydrogens (primary N) is 1. The molecule has 0 atom stereocenters. The van der Waals surface area contributed by atoms with E-state index >= 15 is 0 Å². The molecular formula is C17H12N6O3. The van der Waals surface area contributed by atoms with E-state index in [9.17, 15) is 10.1 Å². The van der Waals surface area contributed by atoms with Crippen molar-refractivity contribution in [3.8, 4) is 17.6 Å². The molecular weight excluding hydrogens is 336 g/mol. The third kappa shape index (κ3) is 3.82. The molecule has 0 fully saturated rings. The Labute approximate surface area is 147 Å². The number of aromatic nitrogens is 2. The van der Waals surface area contributed by atoms with E-state index in [1.165, 1.54) is 0 Å². The van der Waals surface area contributed by atoms with Crippen LogP contribution in [0.5, 0.6) is 11.5 Å². The highest BCUT2D eigenvalue weighted by atomic mass is 16.6. The number of anilines is 3. The third-order valence-corrected chi connectivity index (χ3v) is 3.30. The average molecular weight is 348 g/mol. The van der Waals surface area contributed by atoms with Crippen LogP contribution in [0, 0.1) is 21.4 Å². The average Bonchev–Trinajstić information content (AvgIpc) is 2.62. The highest BCUT2D eigenvalue weighted by molar-refractivity contribution is 5.60. The lowest BCUT2D eigenvalue weighted by Gasteiger charge is -2.09. The molecule has 1 aromatic heterocycles. The van der Waals surface area contributed by atoms with Crippen LogP contribution in [0.3, 0.4) is 0 Å². The minimum atomic E-state index is -0.648. The van der Waals surface area contributed by atoms with Gasteiger partial charge in [0.15, 0.2) is 0 Å². The summed E-state index contributed by atoms with van der Waals surface area (Å²) in [7, 11) is 0. The quantitative estimate of drug-likeness (QED) is 0.528. The first-order chi connectivity index (χ1) is 12.5. The molecule has 0 aliphatic carbocycles. The van der Waals surface area contributed by atoms with E-state index < -0.39 is 4.92 Å². The molecule has 9 nitrogen and oxygen atoms in total. The van der Waals surface area contributed by atoms with Crippen LogP contribution in [-0.2, 0) is 0 Å². The second kappa shape index (κ2) is 7.14. The Morgan fingerprint density at radius 1 is 1.19 bits per heavy atom. The van der Waals surface area contributed by atoms with Gasteiger partial charge in [0.1, 0.15) is 17.7 Å². The Hall–Kier alpha value is -4.19. The molecule has 0 bridgehead atoms. The molecule has 0 saturated heterocycles. The van der Waals surface area contributed by atoms with Crippen molar-refractivity contribution in [2.75, 3.05) is 11.1 Å². The fourth-order valence-corrected chi connectivity index (χ4v) is 2.09. The summed E-state index contributed by atoms with van der Waals surface area (Å²) in [5, 5.41) is 22.5. The summed E-state index contributed by atoms with van der Waals surface area (Å²) in [6, 6.07) is 15.7. The minimum absolute atomic E-state index is 0.128. The van der Waals surface area contributed by atoms with Crippen molar-refractivity contribution in [3.63, 3.8) is 0 Å². The standard InChI is InChI=1S/C17H12N6O3/c18-9-11-4-6-13(7-5-11)26-14-3-1-2-12(8-14)21-17-20-10-15(23(24)25)16(19)22-17/h1-8,10H,(H3,19,20,21,22). The molecule has 0 aliphatic rings. The second-order valence-electron chi connectivity index (χ2n) is 5.11. The molecule has 0 spiro atoms. The first-order valence-electron chi connectivity index (χ1n) is 7.37. The van der Waals surface area contributed by atoms with Crippen LogP contribution in [0.15, 0.2) is 54.7 Å². The summed E-state index contributed by atoms with van der Waals surface area (Å²) >= 11 is 0. The van der Waals surface area contributed by atoms with Gasteiger partial charge in [-0.1, -0.05) is 6.07 Å². The summed E-state index contributed by atoms with van der Waals surface area (Å²) in [6.45, 7) is 0. The van der Waals surface area contributed by atoms with Crippen molar-refractivity contribution in [1.29, 1.82) is 5.26 Å². The monoisotopic (exact) mass is 348 g/mol. The van der Waals surface area contributed by atoms with Gasteiger partial charge in [0.05, 0.1) is 16.6 Å². The maximum absolute atomic E-state index is 10.7. The molecule has 1 heterocycles. The van der Waals surface area contributed by atoms with Crippen LogP contribution < -0.4 is 15.8 Å². The number of hydrogen-bond donors (Lipinski definition) is 2. The predicted octanol–water partition coefficient (Wildman–Crippen LogP) is 3.37. The van der Waals surface area contributed by atoms with E-state index in [0.717, 1.165) is 6.20 Å². The van der Waals surface area contributed by atoms with Crippen molar-refractivity contribution < 1.29 is 9.66 Å². The van der Waals surface area contributed by atoms with Gasteiger partial charge in [-0.25, -0.2) is 4.98 Å². The number of nitrogens with one attached hydrogen (secondary N) is 1. The summed E-state index contributed by atoms with van der Waals surface area (Å²) in [6.07, 6.45) is 1.04. The second-order valence-corrected chi connectivity index (χ2v) is 5.11. The van der Waals surface area contributed by atoms with Gasteiger partial charge in [-0.2, -0.15) is 10.2 Å². The van der Waals surface area contributed by atoms with Gasteiger partial charge in [0.25, 0.3) is 0 Å². The van der Waals surface area contributed by atoms with Gasteiger partial charge in [-0.05, 0) is 36.4 Å². The maximum Gasteiger partial charge on any atom is 0.329 e. The molecule has 128 valence electrons. The first kappa shape index (κ1) is 16.7. The van der Waals surface area contributed by atoms with Gasteiger partial charge in [0, 0.05) is 11.8 Å². The van der Waals surface area contributed by atoms with Gasteiger partial charge in [0.2, 0.25) is 11.8 Å². The zero-order chi connectivity index (χ0) is 18.5. The van der Waals surface area contributed by atoms with Gasteiger partial charge < -0.3 is 15.8 Å². The number of ether oxygens (including phenoxy) is 1. The fourth-order valence-electron chi connectivity index (χ4n) is 2.09. The smallest absolute Gasteiger partial charge is 0.329 e. The van der Waals surface area contributed by atoms with Crippen molar-refractivity contribution in [1.82, 2.24) is 9.97 Å². The number of nitrogens with zero attached hydrogens (tertiary/aromatic N) is 4. The molecule has 26 heavy (non-hydrogen) atoms. The molecule has 9 heteroatoms. The van der Waals surface area contributed by atoms with Gasteiger partial charge >= 0.3 is 5.69 Å². The largest absolute Gasteiger partial charge is 0.457 e. The molecule has 3 N–H and O–H groups in total. The van der Waals surface area contributed by atoms with Crippen LogP contribution in [0.2, 0.25) is 0 Å². The maximum atomic E-state index is 10.7. The molecule has 3 aromatic rings. The van der Waals surface area contributed by atoms with Crippen molar-refractivity contribution in [3.05, 3.63) is 70.4 Å². The number of nitriles is 1. The number of nitro groups is 1. The van der Waals surface area contributed by atoms with Crippen LogP contribution in [0.4, 0.5) is 23.1 Å². The lowest BCUT2D eigenvalue weighted by atomic mass is 10.2. The minimum Gasteiger partial charge on any atom is -0.457 e. The summed E-state index contributed by atoms with van der Waals surface area (Å²) < 4.78 is 5.73. The Bertz CT molecular complexity index is 998. The highest BCUT2D eigenvalue weighted by Crippen LogP contribution is 2.26. The number of nitrogen functional groups attached to an aromatic ring is 1. The Kier molecular flexibility index (Phi) is 4.58. The summed E-state index contributed by atoms with van der Waals surface area (Å²) in [4.78, 5) is 17.8. The zero-order valence-electron chi connectivity index (χ0n) is 13.3. The zero-order valence-corrected chi connectivity index (χ0v) is 13.3. The van der Waals surface area contributed by atoms with E-state index in [-0.39, 0.29) is 17.5 Å². The van der Waals surface area contributed by atoms with E-state index in [1.54, 1.807) is 48.5 Å². The topological polar surface area (TPSA) is 140 Å². The molecule has 0 radical (unpaired) electrons. The van der Waals surface area contributed by atoms with E-state index in [4.69, 9.17) is 15.7 Å². The SMILES string of the molecule is N#Cc1ccc(Oc2cccc(Nc3ncc([N+](=O)[O-])c(N)n3)c2)cc1. The van der Waals surface area contributed by atoms with E-state index in [0.29, 0.717) is 22.7 Å². The number of hydrogen-bond acceptors (Lipinski definition) is 8. The third-order valence-electron chi connectivity index (χ3n) is 3.30. The molecule has 2 aromatic carbocycles. The normalized spacial score (nSPS) is 9.96. The lowest BCUT2D eigenvalue weighted by Crippen LogP contribution is -2.03. The van der Waals surface area contributed by atoms with Gasteiger partial charge in [-0.15, -0.1) is 0 Å². The Morgan fingerprint density at radius 3 is 2.62 bits per heavy atom. The molecule has 0 unspecified atom stereocenters. The van der Waals surface area contributed by atoms with Crippen LogP contribution in [0.25, 0.3) is 0 Å². The predicted molar refractivity (Wildman–Crippen MR) is 94.1 cm³/mol. The molecule has 3 rings (SSSR count). The summed E-state index contributed by atoms with van der Waals surface area (Å²) in [5.41, 5.74) is 6.36. The summed E-state index contributed by atoms with van der Waals surface area (Å²) in [5.74, 6) is 1.03. The van der Waals surface area contributed by atoms with Crippen LogP contribution in [-0.4, -0.2) is 14.9 Å².